The van der Waals surface area contributed by atoms with Crippen molar-refractivity contribution in [1.82, 2.24) is 0 Å². The summed E-state index contributed by atoms with van der Waals surface area (Å²) in [7, 11) is 1.13. The van der Waals surface area contributed by atoms with Gasteiger partial charge in [0.15, 0.2) is 6.10 Å². The Bertz CT molecular complexity index is 1110. The minimum absolute atomic E-state index is 0.0394. The Morgan fingerprint density at radius 3 is 1.57 bits per heavy atom. The fraction of sp³-hybridized carbons (Fsp3) is 0.727. The molecule has 10 heteroatoms. The summed E-state index contributed by atoms with van der Waals surface area (Å²) in [5.74, 6) is -0.877. The fourth-order valence-corrected chi connectivity index (χ4v) is 6.00. The molecule has 0 rings (SSSR count). The third kappa shape index (κ3) is 39.4. The molecule has 0 aliphatic carbocycles. The SMILES string of the molecule is CC/C=C\C/C=C\C/C=C\C/C=C\C/C=C\CCCCCC(=O)OC(COC(=O)CCCCCCCCCCCCC)COP(=O)([O-])OCC[N+](C)(C)C. The van der Waals surface area contributed by atoms with Crippen LogP contribution >= 0.6 is 7.82 Å². The van der Waals surface area contributed by atoms with Crippen LogP contribution in [0.25, 0.3) is 0 Å². The Morgan fingerprint density at radius 1 is 0.593 bits per heavy atom. The second-order valence-electron chi connectivity index (χ2n) is 15.0. The normalized spacial score (nSPS) is 14.3. The van der Waals surface area contributed by atoms with Gasteiger partial charge in [-0.3, -0.25) is 14.2 Å². The van der Waals surface area contributed by atoms with Crippen LogP contribution in [0.1, 0.15) is 155 Å². The lowest BCUT2D eigenvalue weighted by molar-refractivity contribution is -0.870. The minimum Gasteiger partial charge on any atom is -0.756 e. The van der Waals surface area contributed by atoms with Crippen LogP contribution in [0.5, 0.6) is 0 Å². The van der Waals surface area contributed by atoms with Gasteiger partial charge >= 0.3 is 11.9 Å². The molecule has 0 fully saturated rings. The van der Waals surface area contributed by atoms with E-state index in [9.17, 15) is 19.0 Å². The van der Waals surface area contributed by atoms with Crippen molar-refractivity contribution in [2.24, 2.45) is 0 Å². The number of quaternary nitrogens is 1. The van der Waals surface area contributed by atoms with E-state index in [1.807, 2.05) is 21.1 Å². The molecule has 0 aliphatic heterocycles. The summed E-state index contributed by atoms with van der Waals surface area (Å²) in [5.41, 5.74) is 0. The quantitative estimate of drug-likeness (QED) is 0.0201. The zero-order chi connectivity index (χ0) is 40.0. The molecule has 0 saturated carbocycles. The molecule has 0 spiro atoms. The summed E-state index contributed by atoms with van der Waals surface area (Å²) in [4.78, 5) is 37.4. The minimum atomic E-state index is -4.63. The molecule has 0 bridgehead atoms. The number of esters is 2. The standard InChI is InChI=1S/C44H78NO8P/c1-6-8-10-12-14-16-18-19-20-21-22-23-24-25-27-29-31-33-35-37-44(47)53-42(41-52-54(48,49)51-39-38-45(3,4)5)40-50-43(46)36-34-32-30-28-26-17-15-13-11-9-7-2/h8,10,14,16,19-20,22-23,25,27,42H,6-7,9,11-13,15,17-18,21,24,26,28-41H2,1-5H3/b10-8-,16-14-,20-19-,23-22-,27-25-. The van der Waals surface area contributed by atoms with Crippen molar-refractivity contribution in [1.29, 1.82) is 0 Å². The van der Waals surface area contributed by atoms with Gasteiger partial charge in [-0.2, -0.15) is 0 Å². The van der Waals surface area contributed by atoms with Crippen LogP contribution < -0.4 is 4.89 Å². The summed E-state index contributed by atoms with van der Waals surface area (Å²) in [6, 6.07) is 0. The van der Waals surface area contributed by atoms with Crippen LogP contribution in [0.15, 0.2) is 60.8 Å². The number of allylic oxidation sites excluding steroid dienone is 10. The van der Waals surface area contributed by atoms with Crippen molar-refractivity contribution >= 4 is 19.8 Å². The summed E-state index contributed by atoms with van der Waals surface area (Å²) in [6.07, 6.45) is 42.5. The van der Waals surface area contributed by atoms with Crippen molar-refractivity contribution in [3.63, 3.8) is 0 Å². The molecule has 2 atom stereocenters. The maximum atomic E-state index is 12.6. The predicted molar refractivity (Wildman–Crippen MR) is 222 cm³/mol. The Hall–Kier alpha value is -2.29. The number of hydrogen-bond donors (Lipinski definition) is 0. The molecule has 0 aromatic heterocycles. The number of nitrogens with zero attached hydrogens (tertiary/aromatic N) is 1. The van der Waals surface area contributed by atoms with E-state index >= 15 is 0 Å². The van der Waals surface area contributed by atoms with E-state index in [1.165, 1.54) is 51.4 Å². The third-order valence-electron chi connectivity index (χ3n) is 8.55. The van der Waals surface area contributed by atoms with Crippen LogP contribution in [0.4, 0.5) is 0 Å². The molecule has 54 heavy (non-hydrogen) atoms. The van der Waals surface area contributed by atoms with Crippen LogP contribution in [0.2, 0.25) is 0 Å². The number of likely N-dealkylation sites (N-methyl/N-ethyl adjacent to an activating group) is 1. The molecule has 0 saturated heterocycles. The summed E-state index contributed by atoms with van der Waals surface area (Å²) in [6.45, 7) is 4.05. The fourth-order valence-electron chi connectivity index (χ4n) is 5.27. The molecular weight excluding hydrogens is 701 g/mol. The highest BCUT2D eigenvalue weighted by atomic mass is 31.2. The number of carbonyl (C=O) groups is 2. The zero-order valence-electron chi connectivity index (χ0n) is 34.9. The lowest BCUT2D eigenvalue weighted by atomic mass is 10.1. The van der Waals surface area contributed by atoms with Crippen LogP contribution in [0.3, 0.4) is 0 Å². The Kier molecular flexibility index (Phi) is 34.8. The van der Waals surface area contributed by atoms with Crippen molar-refractivity contribution in [3.8, 4) is 0 Å². The van der Waals surface area contributed by atoms with E-state index in [0.29, 0.717) is 17.4 Å². The van der Waals surface area contributed by atoms with E-state index in [2.05, 4.69) is 74.6 Å². The lowest BCUT2D eigenvalue weighted by Crippen LogP contribution is -2.37. The topological polar surface area (TPSA) is 111 Å². The number of unbranched alkanes of at least 4 members (excludes halogenated alkanes) is 13. The highest BCUT2D eigenvalue weighted by molar-refractivity contribution is 7.45. The first kappa shape index (κ1) is 51.7. The van der Waals surface area contributed by atoms with Crippen LogP contribution in [-0.2, 0) is 32.7 Å². The predicted octanol–water partition coefficient (Wildman–Crippen LogP) is 11.1. The molecule has 0 N–H and O–H groups in total. The van der Waals surface area contributed by atoms with Crippen molar-refractivity contribution in [3.05, 3.63) is 60.8 Å². The molecule has 0 aromatic carbocycles. The number of rotatable bonds is 37. The molecule has 312 valence electrons. The van der Waals surface area contributed by atoms with E-state index in [4.69, 9.17) is 18.5 Å². The van der Waals surface area contributed by atoms with E-state index < -0.39 is 32.5 Å². The van der Waals surface area contributed by atoms with E-state index in [-0.39, 0.29) is 26.1 Å². The van der Waals surface area contributed by atoms with Crippen molar-refractivity contribution in [2.75, 3.05) is 47.5 Å². The summed E-state index contributed by atoms with van der Waals surface area (Å²) < 4.78 is 33.8. The smallest absolute Gasteiger partial charge is 0.306 e. The average molecular weight is 780 g/mol. The van der Waals surface area contributed by atoms with Gasteiger partial charge < -0.3 is 27.9 Å². The van der Waals surface area contributed by atoms with Gasteiger partial charge in [0.2, 0.25) is 0 Å². The van der Waals surface area contributed by atoms with E-state index in [0.717, 1.165) is 70.6 Å². The third-order valence-corrected chi connectivity index (χ3v) is 9.52. The van der Waals surface area contributed by atoms with Gasteiger partial charge in [0.05, 0.1) is 27.7 Å². The molecular formula is C44H78NO8P. The zero-order valence-corrected chi connectivity index (χ0v) is 35.8. The van der Waals surface area contributed by atoms with Gasteiger partial charge in [-0.05, 0) is 57.8 Å². The average Bonchev–Trinajstić information content (AvgIpc) is 3.12. The maximum Gasteiger partial charge on any atom is 0.306 e. The van der Waals surface area contributed by atoms with Gasteiger partial charge in [-0.1, -0.05) is 145 Å². The molecule has 9 nitrogen and oxygen atoms in total. The highest BCUT2D eigenvalue weighted by Gasteiger charge is 2.21. The van der Waals surface area contributed by atoms with Crippen molar-refractivity contribution in [2.45, 2.75) is 161 Å². The largest absolute Gasteiger partial charge is 0.756 e. The maximum absolute atomic E-state index is 12.6. The first-order valence-electron chi connectivity index (χ1n) is 21.0. The number of carbonyl (C=O) groups excluding carboxylic acids is 2. The molecule has 2 unspecified atom stereocenters. The molecule has 0 aromatic rings. The summed E-state index contributed by atoms with van der Waals surface area (Å²) in [5, 5.41) is 0. The number of phosphoric ester groups is 1. The lowest BCUT2D eigenvalue weighted by Gasteiger charge is -2.28. The molecule has 0 amide bonds. The second-order valence-corrected chi connectivity index (χ2v) is 16.4. The number of phosphoric acid groups is 1. The first-order valence-corrected chi connectivity index (χ1v) is 22.5. The Balaban J connectivity index is 4.45. The monoisotopic (exact) mass is 780 g/mol. The van der Waals surface area contributed by atoms with Crippen molar-refractivity contribution < 1.29 is 42.1 Å². The van der Waals surface area contributed by atoms with Crippen LogP contribution in [0, 0.1) is 0 Å². The Labute approximate surface area is 330 Å². The van der Waals surface area contributed by atoms with Gasteiger partial charge in [0, 0.05) is 12.8 Å². The van der Waals surface area contributed by atoms with Crippen LogP contribution in [-0.4, -0.2) is 70.0 Å². The van der Waals surface area contributed by atoms with Gasteiger partial charge in [-0.25, -0.2) is 0 Å². The van der Waals surface area contributed by atoms with Gasteiger partial charge in [-0.15, -0.1) is 0 Å². The highest BCUT2D eigenvalue weighted by Crippen LogP contribution is 2.38. The number of ether oxygens (including phenoxy) is 2. The second kappa shape index (κ2) is 36.4. The van der Waals surface area contributed by atoms with Gasteiger partial charge in [0.1, 0.15) is 19.8 Å². The number of hydrogen-bond acceptors (Lipinski definition) is 8. The summed E-state index contributed by atoms with van der Waals surface area (Å²) >= 11 is 0. The molecule has 0 radical (unpaired) electrons. The Morgan fingerprint density at radius 2 is 1.06 bits per heavy atom. The van der Waals surface area contributed by atoms with Gasteiger partial charge in [0.25, 0.3) is 7.82 Å². The molecule has 0 aliphatic rings. The first-order chi connectivity index (χ1) is 26.0. The van der Waals surface area contributed by atoms with E-state index in [1.54, 1.807) is 0 Å². The molecule has 0 heterocycles.